The molecule has 2 aromatic rings. The van der Waals surface area contributed by atoms with Gasteiger partial charge in [0.05, 0.1) is 12.4 Å². The average Bonchev–Trinajstić information content (AvgIpc) is 2.67. The highest BCUT2D eigenvalue weighted by Gasteiger charge is 2.10. The first-order chi connectivity index (χ1) is 13.9. The minimum absolute atomic E-state index is 0.138. The average molecular weight is 419 g/mol. The summed E-state index contributed by atoms with van der Waals surface area (Å²) in [5.41, 5.74) is 4.31. The highest BCUT2D eigenvalue weighted by Crippen LogP contribution is 2.17. The van der Waals surface area contributed by atoms with E-state index in [2.05, 4.69) is 21.8 Å². The van der Waals surface area contributed by atoms with Crippen LogP contribution in [0.25, 0.3) is 0 Å². The Kier molecular flexibility index (Phi) is 9.28. The first-order valence-electron chi connectivity index (χ1n) is 10.1. The maximum Gasteiger partial charge on any atom is 0.306 e. The molecule has 1 aromatic carbocycles. The zero-order chi connectivity index (χ0) is 21.1. The lowest BCUT2D eigenvalue weighted by Crippen LogP contribution is -2.28. The fourth-order valence-corrected chi connectivity index (χ4v) is 4.23. The van der Waals surface area contributed by atoms with Gasteiger partial charge in [0.25, 0.3) is 0 Å². The Morgan fingerprint density at radius 3 is 2.45 bits per heavy atom. The van der Waals surface area contributed by atoms with Gasteiger partial charge in [-0.2, -0.15) is 0 Å². The third-order valence-corrected chi connectivity index (χ3v) is 5.96. The van der Waals surface area contributed by atoms with Crippen molar-refractivity contribution < 1.29 is 17.9 Å². The van der Waals surface area contributed by atoms with Gasteiger partial charge in [-0.3, -0.25) is 9.78 Å². The molecule has 158 valence electrons. The minimum atomic E-state index is -3.22. The lowest BCUT2D eigenvalue weighted by atomic mass is 9.97. The number of esters is 1. The standard InChI is InChI=1S/C22H30N2O4S/c1-3-12-29(26,27)24-11-9-19-13-18(7-8-22(25)28-4-2)14-21(15-19)16-20-6-5-10-23-17-20/h5-6,10,13-15,17,24H,3-4,7-9,11-12,16H2,1-2H3. The van der Waals surface area contributed by atoms with Crippen LogP contribution in [0.2, 0.25) is 0 Å². The molecule has 1 heterocycles. The van der Waals surface area contributed by atoms with Crippen LogP contribution in [0.1, 0.15) is 48.9 Å². The number of aryl methyl sites for hydroxylation is 1. The Morgan fingerprint density at radius 2 is 1.79 bits per heavy atom. The Morgan fingerprint density at radius 1 is 1.07 bits per heavy atom. The van der Waals surface area contributed by atoms with Gasteiger partial charge in [-0.1, -0.05) is 31.2 Å². The number of ether oxygens (including phenoxy) is 1. The molecule has 0 radical (unpaired) electrons. The molecule has 0 aliphatic rings. The lowest BCUT2D eigenvalue weighted by Gasteiger charge is -2.11. The molecule has 1 aromatic heterocycles. The largest absolute Gasteiger partial charge is 0.466 e. The van der Waals surface area contributed by atoms with E-state index >= 15 is 0 Å². The Bertz CT molecular complexity index is 883. The molecule has 0 aliphatic heterocycles. The molecular weight excluding hydrogens is 388 g/mol. The number of hydrogen-bond donors (Lipinski definition) is 1. The molecule has 6 nitrogen and oxygen atoms in total. The van der Waals surface area contributed by atoms with E-state index in [0.29, 0.717) is 38.8 Å². The maximum absolute atomic E-state index is 11.9. The molecular formula is C22H30N2O4S. The van der Waals surface area contributed by atoms with Gasteiger partial charge in [0.1, 0.15) is 0 Å². The molecule has 0 amide bonds. The van der Waals surface area contributed by atoms with Gasteiger partial charge >= 0.3 is 5.97 Å². The van der Waals surface area contributed by atoms with Crippen molar-refractivity contribution in [2.75, 3.05) is 18.9 Å². The van der Waals surface area contributed by atoms with Gasteiger partial charge in [0.2, 0.25) is 10.0 Å². The number of carbonyl (C=O) groups is 1. The molecule has 0 saturated carbocycles. The van der Waals surface area contributed by atoms with E-state index in [-0.39, 0.29) is 11.7 Å². The van der Waals surface area contributed by atoms with Crippen LogP contribution in [0.15, 0.2) is 42.7 Å². The first-order valence-corrected chi connectivity index (χ1v) is 11.7. The SMILES string of the molecule is CCCS(=O)(=O)NCCc1cc(CCC(=O)OCC)cc(Cc2cccnc2)c1. The van der Waals surface area contributed by atoms with E-state index in [0.717, 1.165) is 28.7 Å². The molecule has 0 aliphatic carbocycles. The smallest absolute Gasteiger partial charge is 0.306 e. The number of benzene rings is 1. The molecule has 0 fully saturated rings. The molecule has 0 saturated heterocycles. The minimum Gasteiger partial charge on any atom is -0.466 e. The van der Waals surface area contributed by atoms with Crippen molar-refractivity contribution in [1.82, 2.24) is 9.71 Å². The van der Waals surface area contributed by atoms with Crippen molar-refractivity contribution in [1.29, 1.82) is 0 Å². The van der Waals surface area contributed by atoms with Crippen LogP contribution in [0.5, 0.6) is 0 Å². The van der Waals surface area contributed by atoms with E-state index in [1.807, 2.05) is 31.3 Å². The topological polar surface area (TPSA) is 85.4 Å². The van der Waals surface area contributed by atoms with Crippen LogP contribution in [-0.2, 0) is 38.8 Å². The van der Waals surface area contributed by atoms with Crippen LogP contribution in [-0.4, -0.2) is 38.3 Å². The van der Waals surface area contributed by atoms with Crippen LogP contribution in [0.3, 0.4) is 0 Å². The van der Waals surface area contributed by atoms with Gasteiger partial charge in [0, 0.05) is 25.4 Å². The zero-order valence-electron chi connectivity index (χ0n) is 17.2. The third kappa shape index (κ3) is 8.75. The van der Waals surface area contributed by atoms with Gasteiger partial charge in [-0.25, -0.2) is 13.1 Å². The first kappa shape index (κ1) is 23.0. The Balaban J connectivity index is 2.11. The second-order valence-electron chi connectivity index (χ2n) is 6.96. The van der Waals surface area contributed by atoms with Crippen molar-refractivity contribution in [3.05, 3.63) is 65.0 Å². The number of rotatable bonds is 12. The summed E-state index contributed by atoms with van der Waals surface area (Å²) in [6, 6.07) is 10.2. The van der Waals surface area contributed by atoms with E-state index in [1.54, 1.807) is 13.1 Å². The second kappa shape index (κ2) is 11.7. The summed E-state index contributed by atoms with van der Waals surface area (Å²) < 4.78 is 31.4. The molecule has 7 heteroatoms. The highest BCUT2D eigenvalue weighted by atomic mass is 32.2. The third-order valence-electron chi connectivity index (χ3n) is 4.38. The molecule has 0 unspecified atom stereocenters. The Labute approximate surface area is 173 Å². The fraction of sp³-hybridized carbons (Fsp3) is 0.455. The zero-order valence-corrected chi connectivity index (χ0v) is 18.0. The summed E-state index contributed by atoms with van der Waals surface area (Å²) in [5, 5.41) is 0. The van der Waals surface area contributed by atoms with Crippen LogP contribution in [0, 0.1) is 0 Å². The molecule has 2 rings (SSSR count). The molecule has 0 atom stereocenters. The molecule has 1 N–H and O–H groups in total. The van der Waals surface area contributed by atoms with E-state index in [9.17, 15) is 13.2 Å². The van der Waals surface area contributed by atoms with E-state index in [4.69, 9.17) is 4.74 Å². The summed E-state index contributed by atoms with van der Waals surface area (Å²) in [6.45, 7) is 4.38. The lowest BCUT2D eigenvalue weighted by molar-refractivity contribution is -0.143. The number of aromatic nitrogens is 1. The highest BCUT2D eigenvalue weighted by molar-refractivity contribution is 7.89. The summed E-state index contributed by atoms with van der Waals surface area (Å²) >= 11 is 0. The van der Waals surface area contributed by atoms with E-state index in [1.165, 1.54) is 0 Å². The van der Waals surface area contributed by atoms with E-state index < -0.39 is 10.0 Å². The summed E-state index contributed by atoms with van der Waals surface area (Å²) in [5.74, 6) is -0.0715. The number of nitrogens with zero attached hydrogens (tertiary/aromatic N) is 1. The normalized spacial score (nSPS) is 11.4. The number of pyridine rings is 1. The van der Waals surface area contributed by atoms with Crippen molar-refractivity contribution in [3.63, 3.8) is 0 Å². The van der Waals surface area contributed by atoms with Gasteiger partial charge in [-0.15, -0.1) is 0 Å². The van der Waals surface area contributed by atoms with Crippen molar-refractivity contribution in [3.8, 4) is 0 Å². The van der Waals surface area contributed by atoms with Gasteiger partial charge in [0.15, 0.2) is 0 Å². The summed E-state index contributed by atoms with van der Waals surface area (Å²) in [6.07, 6.45) is 6.41. The number of hydrogen-bond acceptors (Lipinski definition) is 5. The summed E-state index contributed by atoms with van der Waals surface area (Å²) in [7, 11) is -3.22. The molecule has 0 spiro atoms. The monoisotopic (exact) mass is 418 g/mol. The predicted octanol–water partition coefficient (Wildman–Crippen LogP) is 3.04. The van der Waals surface area contributed by atoms with Crippen molar-refractivity contribution >= 4 is 16.0 Å². The van der Waals surface area contributed by atoms with Gasteiger partial charge < -0.3 is 4.74 Å². The van der Waals surface area contributed by atoms with Crippen LogP contribution < -0.4 is 4.72 Å². The number of carbonyl (C=O) groups excluding carboxylic acids is 1. The van der Waals surface area contributed by atoms with Crippen LogP contribution in [0.4, 0.5) is 0 Å². The molecule has 0 bridgehead atoms. The summed E-state index contributed by atoms with van der Waals surface area (Å²) in [4.78, 5) is 15.9. The van der Waals surface area contributed by atoms with Crippen LogP contribution >= 0.6 is 0 Å². The quantitative estimate of drug-likeness (QED) is 0.536. The predicted molar refractivity (Wildman–Crippen MR) is 114 cm³/mol. The second-order valence-corrected chi connectivity index (χ2v) is 8.89. The maximum atomic E-state index is 11.9. The Hall–Kier alpha value is -2.25. The number of sulfonamides is 1. The van der Waals surface area contributed by atoms with Crippen molar-refractivity contribution in [2.45, 2.75) is 46.0 Å². The van der Waals surface area contributed by atoms with Crippen molar-refractivity contribution in [2.24, 2.45) is 0 Å². The van der Waals surface area contributed by atoms with Gasteiger partial charge in [-0.05, 0) is 60.9 Å². The fourth-order valence-electron chi connectivity index (χ4n) is 3.14. The number of nitrogens with one attached hydrogen (secondary N) is 1. The molecule has 29 heavy (non-hydrogen) atoms.